The van der Waals surface area contributed by atoms with Gasteiger partial charge in [0.2, 0.25) is 0 Å². The molecule has 36 heavy (non-hydrogen) atoms. The van der Waals surface area contributed by atoms with E-state index in [1.54, 1.807) is 0 Å². The van der Waals surface area contributed by atoms with Crippen molar-refractivity contribution in [2.45, 2.75) is 142 Å². The number of aryl methyl sites for hydroxylation is 1. The third-order valence-corrected chi connectivity index (χ3v) is 8.07. The molecule has 0 atom stereocenters. The summed E-state index contributed by atoms with van der Waals surface area (Å²) in [6.45, 7) is 9.94. The number of H-pyrrole nitrogens is 1. The van der Waals surface area contributed by atoms with Crippen molar-refractivity contribution < 1.29 is 0 Å². The summed E-state index contributed by atoms with van der Waals surface area (Å²) in [4.78, 5) is 5.81. The maximum absolute atomic E-state index is 4.37. The Balaban J connectivity index is 1.40. The largest absolute Gasteiger partial charge is 0.378 e. The Morgan fingerprint density at radius 3 is 1.81 bits per heavy atom. The lowest BCUT2D eigenvalue weighted by Gasteiger charge is -2.21. The Labute approximate surface area is 224 Å². The molecular weight excluding hydrogens is 436 g/mol. The van der Waals surface area contributed by atoms with Crippen molar-refractivity contribution in [1.29, 1.82) is 0 Å². The molecule has 0 radical (unpaired) electrons. The number of aromatic amines is 1. The molecule has 204 valence electrons. The minimum atomic E-state index is 1.04. The van der Waals surface area contributed by atoms with Crippen molar-refractivity contribution in [2.75, 3.05) is 13.6 Å². The molecule has 0 saturated heterocycles. The van der Waals surface area contributed by atoms with Gasteiger partial charge in [-0.1, -0.05) is 129 Å². The van der Waals surface area contributed by atoms with Gasteiger partial charge in [-0.2, -0.15) is 0 Å². The summed E-state index contributed by atoms with van der Waals surface area (Å²) >= 11 is 0. The number of unbranched alkanes of at least 4 members (excludes halogenated alkanes) is 16. The lowest BCUT2D eigenvalue weighted by atomic mass is 10.0. The predicted molar refractivity (Wildman–Crippen MR) is 162 cm³/mol. The van der Waals surface area contributed by atoms with Gasteiger partial charge < -0.3 is 9.88 Å². The number of nitrogens with one attached hydrogen (secondary N) is 1. The predicted octanol–water partition coefficient (Wildman–Crippen LogP) is 10.8. The third-order valence-electron chi connectivity index (χ3n) is 8.07. The van der Waals surface area contributed by atoms with E-state index in [0.29, 0.717) is 0 Å². The van der Waals surface area contributed by atoms with Gasteiger partial charge in [0.25, 0.3) is 0 Å². The van der Waals surface area contributed by atoms with Crippen molar-refractivity contribution in [3.63, 3.8) is 0 Å². The van der Waals surface area contributed by atoms with Gasteiger partial charge in [-0.05, 0) is 48.9 Å². The second-order valence-electron chi connectivity index (χ2n) is 11.2. The van der Waals surface area contributed by atoms with Crippen LogP contribution in [0, 0.1) is 0 Å². The topological polar surface area (TPSA) is 19.0 Å². The zero-order valence-corrected chi connectivity index (χ0v) is 24.3. The van der Waals surface area contributed by atoms with Crippen molar-refractivity contribution in [2.24, 2.45) is 0 Å². The summed E-state index contributed by atoms with van der Waals surface area (Å²) in [7, 11) is 2.21. The first kappa shape index (κ1) is 30.5. The van der Waals surface area contributed by atoms with E-state index in [1.807, 2.05) is 0 Å². The lowest BCUT2D eigenvalue weighted by Crippen LogP contribution is -2.20. The van der Waals surface area contributed by atoms with Crippen LogP contribution in [0.3, 0.4) is 0 Å². The maximum atomic E-state index is 4.37. The van der Waals surface area contributed by atoms with Gasteiger partial charge in [-0.25, -0.2) is 0 Å². The van der Waals surface area contributed by atoms with Crippen LogP contribution >= 0.6 is 0 Å². The van der Waals surface area contributed by atoms with Crippen LogP contribution in [-0.2, 0) is 12.8 Å². The number of likely N-dealkylation sites (N-methyl/N-ethyl adjacent to an activating group) is 1. The van der Waals surface area contributed by atoms with E-state index in [0.717, 1.165) is 25.8 Å². The number of hydrogen-bond acceptors (Lipinski definition) is 1. The van der Waals surface area contributed by atoms with Crippen LogP contribution in [0.15, 0.2) is 36.7 Å². The molecule has 0 aliphatic rings. The smallest absolute Gasteiger partial charge is 0.0456 e. The molecule has 0 amide bonds. The number of allylic oxidation sites excluding steroid dienone is 1. The zero-order valence-electron chi connectivity index (χ0n) is 24.3. The van der Waals surface area contributed by atoms with E-state index in [2.05, 4.69) is 61.8 Å². The molecule has 0 bridgehead atoms. The first-order chi connectivity index (χ1) is 17.7. The van der Waals surface area contributed by atoms with Crippen molar-refractivity contribution >= 4 is 10.9 Å². The molecule has 0 unspecified atom stereocenters. The summed E-state index contributed by atoms with van der Waals surface area (Å²) in [6, 6.07) is 6.81. The SMILES string of the molecule is C=C(CCCCCCCCCCCCCCCCCCC)N(C)CCc1c[nH]c2ccc(CC)cc12. The van der Waals surface area contributed by atoms with Crippen LogP contribution in [0.25, 0.3) is 10.9 Å². The van der Waals surface area contributed by atoms with E-state index < -0.39 is 0 Å². The molecule has 1 aromatic carbocycles. The second-order valence-corrected chi connectivity index (χ2v) is 11.2. The van der Waals surface area contributed by atoms with E-state index in [1.165, 1.54) is 137 Å². The number of rotatable bonds is 23. The molecule has 0 aliphatic carbocycles. The summed E-state index contributed by atoms with van der Waals surface area (Å²) in [5.41, 5.74) is 5.40. The van der Waals surface area contributed by atoms with Gasteiger partial charge in [-0.15, -0.1) is 0 Å². The van der Waals surface area contributed by atoms with Crippen LogP contribution in [0.2, 0.25) is 0 Å². The highest BCUT2D eigenvalue weighted by molar-refractivity contribution is 5.83. The Hall–Kier alpha value is -1.70. The van der Waals surface area contributed by atoms with Gasteiger partial charge in [0.05, 0.1) is 0 Å². The van der Waals surface area contributed by atoms with Gasteiger partial charge in [0.1, 0.15) is 0 Å². The maximum Gasteiger partial charge on any atom is 0.0456 e. The summed E-state index contributed by atoms with van der Waals surface area (Å²) in [5, 5.41) is 1.39. The fourth-order valence-corrected chi connectivity index (χ4v) is 5.34. The Morgan fingerprint density at radius 2 is 1.28 bits per heavy atom. The molecule has 1 heterocycles. The molecule has 0 aliphatic heterocycles. The van der Waals surface area contributed by atoms with Gasteiger partial charge in [0.15, 0.2) is 0 Å². The average molecular weight is 495 g/mol. The fourth-order valence-electron chi connectivity index (χ4n) is 5.34. The first-order valence-electron chi connectivity index (χ1n) is 15.6. The quantitative estimate of drug-likeness (QED) is 0.152. The normalized spacial score (nSPS) is 11.4. The summed E-state index contributed by atoms with van der Waals surface area (Å²) < 4.78 is 0. The number of nitrogens with zero attached hydrogens (tertiary/aromatic N) is 1. The molecule has 1 aromatic heterocycles. The van der Waals surface area contributed by atoms with E-state index in [4.69, 9.17) is 0 Å². The monoisotopic (exact) mass is 494 g/mol. The molecule has 1 N–H and O–H groups in total. The number of aromatic nitrogens is 1. The second kappa shape index (κ2) is 19.4. The van der Waals surface area contributed by atoms with Crippen molar-refractivity contribution in [1.82, 2.24) is 9.88 Å². The van der Waals surface area contributed by atoms with Gasteiger partial charge in [0, 0.05) is 36.4 Å². The highest BCUT2D eigenvalue weighted by Gasteiger charge is 2.07. The highest BCUT2D eigenvalue weighted by atomic mass is 15.1. The van der Waals surface area contributed by atoms with Crippen LogP contribution in [0.4, 0.5) is 0 Å². The first-order valence-corrected chi connectivity index (χ1v) is 15.6. The van der Waals surface area contributed by atoms with Gasteiger partial charge in [-0.3, -0.25) is 0 Å². The molecule has 0 fully saturated rings. The minimum absolute atomic E-state index is 1.04. The standard InChI is InChI=1S/C34H58N2/c1-5-7-8-9-10-11-12-13-14-15-16-17-18-19-20-21-22-23-30(3)36(4)27-26-32-29-35-34-25-24-31(6-2)28-33(32)34/h24-25,28-29,35H,3,5-23,26-27H2,1-2,4H3. The van der Waals surface area contributed by atoms with E-state index in [-0.39, 0.29) is 0 Å². The van der Waals surface area contributed by atoms with E-state index in [9.17, 15) is 0 Å². The number of benzene rings is 1. The summed E-state index contributed by atoms with van der Waals surface area (Å²) in [6.07, 6.45) is 29.8. The Morgan fingerprint density at radius 1 is 0.750 bits per heavy atom. The van der Waals surface area contributed by atoms with Gasteiger partial charge >= 0.3 is 0 Å². The molecule has 2 rings (SSSR count). The molecule has 2 heteroatoms. The molecule has 0 spiro atoms. The van der Waals surface area contributed by atoms with Crippen LogP contribution < -0.4 is 0 Å². The highest BCUT2D eigenvalue weighted by Crippen LogP contribution is 2.22. The average Bonchev–Trinajstić information content (AvgIpc) is 3.30. The van der Waals surface area contributed by atoms with Crippen LogP contribution in [0.1, 0.15) is 141 Å². The Kier molecular flexibility index (Phi) is 16.5. The zero-order chi connectivity index (χ0) is 25.8. The van der Waals surface area contributed by atoms with Crippen LogP contribution in [-0.4, -0.2) is 23.5 Å². The molecular formula is C34H58N2. The number of fused-ring (bicyclic) bond motifs is 1. The molecule has 2 aromatic rings. The molecule has 2 nitrogen and oxygen atoms in total. The number of hydrogen-bond donors (Lipinski definition) is 1. The summed E-state index contributed by atoms with van der Waals surface area (Å²) in [5.74, 6) is 0. The van der Waals surface area contributed by atoms with Crippen molar-refractivity contribution in [3.8, 4) is 0 Å². The lowest BCUT2D eigenvalue weighted by molar-refractivity contribution is 0.401. The van der Waals surface area contributed by atoms with E-state index >= 15 is 0 Å². The fraction of sp³-hybridized carbons (Fsp3) is 0.706. The van der Waals surface area contributed by atoms with Crippen LogP contribution in [0.5, 0.6) is 0 Å². The van der Waals surface area contributed by atoms with Crippen molar-refractivity contribution in [3.05, 3.63) is 47.8 Å². The minimum Gasteiger partial charge on any atom is -0.378 e. The Bertz CT molecular complexity index is 818. The molecule has 0 saturated carbocycles. The third kappa shape index (κ3) is 12.5.